The average molecular weight is 254 g/mol. The van der Waals surface area contributed by atoms with Crippen LogP contribution in [0.4, 0.5) is 10.1 Å². The van der Waals surface area contributed by atoms with Crippen molar-refractivity contribution in [2.45, 2.75) is 6.92 Å². The maximum Gasteiger partial charge on any atom is 0.130 e. The lowest BCUT2D eigenvalue weighted by Crippen LogP contribution is -1.90. The molecular formula is C13H13ClFNO. The van der Waals surface area contributed by atoms with E-state index < -0.39 is 0 Å². The summed E-state index contributed by atoms with van der Waals surface area (Å²) in [6.45, 7) is 1.90. The molecule has 2 rings (SSSR count). The number of anilines is 1. The fourth-order valence-electron chi connectivity index (χ4n) is 1.38. The Kier molecular flexibility index (Phi) is 4.35. The fraction of sp³-hybridized carbons (Fsp3) is 0.0769. The van der Waals surface area contributed by atoms with E-state index in [9.17, 15) is 4.39 Å². The van der Waals surface area contributed by atoms with Crippen LogP contribution in [0.15, 0.2) is 42.5 Å². The number of hydrogen-bond donors (Lipinski definition) is 1. The number of aryl methyl sites for hydroxylation is 1. The van der Waals surface area contributed by atoms with Crippen LogP contribution in [0.3, 0.4) is 0 Å². The van der Waals surface area contributed by atoms with Gasteiger partial charge in [-0.15, -0.1) is 12.4 Å². The van der Waals surface area contributed by atoms with E-state index in [0.717, 1.165) is 5.56 Å². The molecule has 0 spiro atoms. The standard InChI is InChI=1S/C13H12FNO.ClH/c1-9-7-12(5-6-13(9)15)16-11-4-2-3-10(14)8-11;/h2-8H,15H2,1H3;1H. The molecule has 4 heteroatoms. The summed E-state index contributed by atoms with van der Waals surface area (Å²) in [4.78, 5) is 0. The molecule has 0 atom stereocenters. The molecule has 90 valence electrons. The zero-order valence-corrected chi connectivity index (χ0v) is 10.1. The number of nitrogens with two attached hydrogens (primary N) is 1. The van der Waals surface area contributed by atoms with Gasteiger partial charge in [0.05, 0.1) is 0 Å². The molecule has 0 aliphatic rings. The van der Waals surface area contributed by atoms with Gasteiger partial charge in [-0.25, -0.2) is 4.39 Å². The van der Waals surface area contributed by atoms with Gasteiger partial charge in [0.25, 0.3) is 0 Å². The molecule has 2 nitrogen and oxygen atoms in total. The highest BCUT2D eigenvalue weighted by atomic mass is 35.5. The Morgan fingerprint density at radius 3 is 2.41 bits per heavy atom. The lowest BCUT2D eigenvalue weighted by molar-refractivity contribution is 0.476. The predicted octanol–water partition coefficient (Wildman–Crippen LogP) is 3.93. The Labute approximate surface area is 106 Å². The summed E-state index contributed by atoms with van der Waals surface area (Å²) >= 11 is 0. The molecule has 17 heavy (non-hydrogen) atoms. The molecule has 0 fully saturated rings. The van der Waals surface area contributed by atoms with E-state index in [0.29, 0.717) is 17.2 Å². The van der Waals surface area contributed by atoms with Gasteiger partial charge in [-0.1, -0.05) is 6.07 Å². The minimum absolute atomic E-state index is 0. The van der Waals surface area contributed by atoms with Gasteiger partial charge in [0.15, 0.2) is 0 Å². The molecule has 2 aromatic rings. The van der Waals surface area contributed by atoms with Crippen LogP contribution in [0.25, 0.3) is 0 Å². The SMILES string of the molecule is Cc1cc(Oc2cccc(F)c2)ccc1N.Cl. The van der Waals surface area contributed by atoms with Gasteiger partial charge in [-0.3, -0.25) is 0 Å². The Balaban J connectivity index is 0.00000144. The molecule has 0 radical (unpaired) electrons. The van der Waals surface area contributed by atoms with Gasteiger partial charge in [0, 0.05) is 11.8 Å². The Hall–Kier alpha value is -1.74. The molecule has 0 heterocycles. The van der Waals surface area contributed by atoms with Gasteiger partial charge in [0.2, 0.25) is 0 Å². The van der Waals surface area contributed by atoms with Crippen LogP contribution < -0.4 is 10.5 Å². The van der Waals surface area contributed by atoms with E-state index in [1.165, 1.54) is 12.1 Å². The highest BCUT2D eigenvalue weighted by molar-refractivity contribution is 5.85. The highest BCUT2D eigenvalue weighted by Crippen LogP contribution is 2.24. The zero-order chi connectivity index (χ0) is 11.5. The molecular weight excluding hydrogens is 241 g/mol. The molecule has 2 N–H and O–H groups in total. The van der Waals surface area contributed by atoms with E-state index in [4.69, 9.17) is 10.5 Å². The third kappa shape index (κ3) is 3.36. The molecule has 0 bridgehead atoms. The summed E-state index contributed by atoms with van der Waals surface area (Å²) in [5.41, 5.74) is 7.34. The van der Waals surface area contributed by atoms with Crippen LogP contribution in [0.5, 0.6) is 11.5 Å². The monoisotopic (exact) mass is 253 g/mol. The molecule has 0 unspecified atom stereocenters. The van der Waals surface area contributed by atoms with Crippen molar-refractivity contribution >= 4 is 18.1 Å². The maximum absolute atomic E-state index is 12.9. The normalized spacial score (nSPS) is 9.53. The van der Waals surface area contributed by atoms with Crippen molar-refractivity contribution < 1.29 is 9.13 Å². The van der Waals surface area contributed by atoms with Crippen molar-refractivity contribution in [2.24, 2.45) is 0 Å². The number of hydrogen-bond acceptors (Lipinski definition) is 2. The van der Waals surface area contributed by atoms with E-state index >= 15 is 0 Å². The van der Waals surface area contributed by atoms with Crippen LogP contribution in [0, 0.1) is 12.7 Å². The van der Waals surface area contributed by atoms with E-state index in [-0.39, 0.29) is 18.2 Å². The first kappa shape index (κ1) is 13.3. The summed E-state index contributed by atoms with van der Waals surface area (Å²) in [6.07, 6.45) is 0. The number of ether oxygens (including phenoxy) is 1. The summed E-state index contributed by atoms with van der Waals surface area (Å²) in [5, 5.41) is 0. The summed E-state index contributed by atoms with van der Waals surface area (Å²) in [7, 11) is 0. The van der Waals surface area contributed by atoms with Crippen LogP contribution >= 0.6 is 12.4 Å². The van der Waals surface area contributed by atoms with E-state index in [1.807, 2.05) is 13.0 Å². The van der Waals surface area contributed by atoms with Crippen molar-refractivity contribution in [3.8, 4) is 11.5 Å². The van der Waals surface area contributed by atoms with E-state index in [1.54, 1.807) is 24.3 Å². The summed E-state index contributed by atoms with van der Waals surface area (Å²) < 4.78 is 18.4. The van der Waals surface area contributed by atoms with E-state index in [2.05, 4.69) is 0 Å². The third-order valence-corrected chi connectivity index (χ3v) is 2.27. The molecule has 0 aliphatic carbocycles. The minimum Gasteiger partial charge on any atom is -0.457 e. The lowest BCUT2D eigenvalue weighted by Gasteiger charge is -2.07. The van der Waals surface area contributed by atoms with Crippen LogP contribution in [0.2, 0.25) is 0 Å². The molecule has 0 aliphatic heterocycles. The van der Waals surface area contributed by atoms with Gasteiger partial charge in [0.1, 0.15) is 17.3 Å². The highest BCUT2D eigenvalue weighted by Gasteiger charge is 2.00. The van der Waals surface area contributed by atoms with Crippen LogP contribution in [0.1, 0.15) is 5.56 Å². The van der Waals surface area contributed by atoms with Gasteiger partial charge in [-0.05, 0) is 42.8 Å². The quantitative estimate of drug-likeness (QED) is 0.823. The number of halogens is 2. The van der Waals surface area contributed by atoms with Gasteiger partial charge in [-0.2, -0.15) is 0 Å². The predicted molar refractivity (Wildman–Crippen MR) is 69.3 cm³/mol. The first-order valence-electron chi connectivity index (χ1n) is 4.95. The molecule has 0 saturated heterocycles. The van der Waals surface area contributed by atoms with Crippen molar-refractivity contribution in [3.63, 3.8) is 0 Å². The van der Waals surface area contributed by atoms with Crippen molar-refractivity contribution in [2.75, 3.05) is 5.73 Å². The van der Waals surface area contributed by atoms with Crippen LogP contribution in [-0.4, -0.2) is 0 Å². The molecule has 0 aromatic heterocycles. The topological polar surface area (TPSA) is 35.2 Å². The number of rotatable bonds is 2. The van der Waals surface area contributed by atoms with Crippen molar-refractivity contribution in [1.29, 1.82) is 0 Å². The fourth-order valence-corrected chi connectivity index (χ4v) is 1.38. The molecule has 0 saturated carbocycles. The van der Waals surface area contributed by atoms with Gasteiger partial charge >= 0.3 is 0 Å². The maximum atomic E-state index is 12.9. The minimum atomic E-state index is -0.315. The average Bonchev–Trinajstić information content (AvgIpc) is 2.24. The summed E-state index contributed by atoms with van der Waals surface area (Å²) in [5.74, 6) is 0.811. The number of benzene rings is 2. The molecule has 0 amide bonds. The second kappa shape index (κ2) is 5.55. The second-order valence-electron chi connectivity index (χ2n) is 3.58. The third-order valence-electron chi connectivity index (χ3n) is 2.27. The lowest BCUT2D eigenvalue weighted by atomic mass is 10.2. The largest absolute Gasteiger partial charge is 0.457 e. The Morgan fingerprint density at radius 2 is 1.76 bits per heavy atom. The van der Waals surface area contributed by atoms with Crippen LogP contribution in [-0.2, 0) is 0 Å². The van der Waals surface area contributed by atoms with Crippen molar-refractivity contribution in [3.05, 3.63) is 53.8 Å². The summed E-state index contributed by atoms with van der Waals surface area (Å²) in [6, 6.07) is 11.4. The van der Waals surface area contributed by atoms with Gasteiger partial charge < -0.3 is 10.5 Å². The van der Waals surface area contributed by atoms with Crippen molar-refractivity contribution in [1.82, 2.24) is 0 Å². The smallest absolute Gasteiger partial charge is 0.130 e. The first-order valence-corrected chi connectivity index (χ1v) is 4.95. The first-order chi connectivity index (χ1) is 7.65. The number of nitrogen functional groups attached to an aromatic ring is 1. The Morgan fingerprint density at radius 1 is 1.06 bits per heavy atom. The second-order valence-corrected chi connectivity index (χ2v) is 3.58. The Bertz CT molecular complexity index is 517. The molecule has 2 aromatic carbocycles. The zero-order valence-electron chi connectivity index (χ0n) is 9.31.